The number of nitrogens with one attached hydrogen (secondary N) is 1. The summed E-state index contributed by atoms with van der Waals surface area (Å²) in [5.41, 5.74) is 0.922. The molecule has 1 nitrogen and oxygen atoms in total. The lowest BCUT2D eigenvalue weighted by molar-refractivity contribution is 0.541. The van der Waals surface area contributed by atoms with E-state index >= 15 is 0 Å². The van der Waals surface area contributed by atoms with Gasteiger partial charge in [0.05, 0.1) is 0 Å². The average molecular weight is 265 g/mol. The minimum absolute atomic E-state index is 0.726. The van der Waals surface area contributed by atoms with Crippen molar-refractivity contribution in [3.63, 3.8) is 0 Å². The fourth-order valence-corrected chi connectivity index (χ4v) is 1.73. The van der Waals surface area contributed by atoms with Crippen molar-refractivity contribution in [2.45, 2.75) is 13.3 Å². The highest BCUT2D eigenvalue weighted by Gasteiger charge is 1.98. The molecule has 0 aliphatic carbocycles. The van der Waals surface area contributed by atoms with Gasteiger partial charge in [-0.25, -0.2) is 0 Å². The van der Waals surface area contributed by atoms with Crippen molar-refractivity contribution in [1.82, 2.24) is 5.32 Å². The number of allylic oxidation sites excluding steroid dienone is 1. The maximum atomic E-state index is 3.77. The molecule has 0 radical (unpaired) electrons. The molecular formula is C9H16IN. The molecule has 0 aromatic heterocycles. The van der Waals surface area contributed by atoms with Gasteiger partial charge in [-0.1, -0.05) is 42.7 Å². The molecule has 0 saturated heterocycles. The monoisotopic (exact) mass is 265 g/mol. The third-order valence-corrected chi connectivity index (χ3v) is 2.15. The molecular weight excluding hydrogens is 249 g/mol. The number of rotatable bonds is 6. The van der Waals surface area contributed by atoms with Crippen molar-refractivity contribution in [3.8, 4) is 0 Å². The molecule has 1 atom stereocenters. The van der Waals surface area contributed by atoms with Crippen LogP contribution in [0.15, 0.2) is 24.9 Å². The van der Waals surface area contributed by atoms with Crippen molar-refractivity contribution in [2.24, 2.45) is 5.92 Å². The molecule has 1 N–H and O–H groups in total. The van der Waals surface area contributed by atoms with Gasteiger partial charge < -0.3 is 5.32 Å². The second kappa shape index (κ2) is 6.70. The maximum Gasteiger partial charge on any atom is 0.0261 e. The molecule has 0 rings (SSSR count). The SMILES string of the molecule is C=CC(=C)NCC(C)CCI. The summed E-state index contributed by atoms with van der Waals surface area (Å²) < 4.78 is 1.22. The largest absolute Gasteiger partial charge is 0.385 e. The molecule has 0 aromatic carbocycles. The van der Waals surface area contributed by atoms with Crippen molar-refractivity contribution in [1.29, 1.82) is 0 Å². The molecule has 64 valence electrons. The Morgan fingerprint density at radius 1 is 1.73 bits per heavy atom. The van der Waals surface area contributed by atoms with Gasteiger partial charge in [-0.3, -0.25) is 0 Å². The molecule has 11 heavy (non-hydrogen) atoms. The van der Waals surface area contributed by atoms with Gasteiger partial charge in [0.25, 0.3) is 0 Å². The second-order valence-corrected chi connectivity index (χ2v) is 3.77. The average Bonchev–Trinajstić information content (AvgIpc) is 2.01. The smallest absolute Gasteiger partial charge is 0.0261 e. The Labute approximate surface area is 83.1 Å². The first-order chi connectivity index (χ1) is 5.20. The summed E-state index contributed by atoms with van der Waals surface area (Å²) in [7, 11) is 0. The van der Waals surface area contributed by atoms with Crippen LogP contribution in [0.3, 0.4) is 0 Å². The van der Waals surface area contributed by atoms with Crippen molar-refractivity contribution < 1.29 is 0 Å². The van der Waals surface area contributed by atoms with E-state index < -0.39 is 0 Å². The lowest BCUT2D eigenvalue weighted by atomic mass is 10.1. The predicted molar refractivity (Wildman–Crippen MR) is 60.0 cm³/mol. The quantitative estimate of drug-likeness (QED) is 0.442. The highest BCUT2D eigenvalue weighted by molar-refractivity contribution is 14.1. The number of alkyl halides is 1. The molecule has 0 bridgehead atoms. The summed E-state index contributed by atoms with van der Waals surface area (Å²) in [6.45, 7) is 10.6. The van der Waals surface area contributed by atoms with E-state index in [2.05, 4.69) is 48.0 Å². The number of hydrogen-bond acceptors (Lipinski definition) is 1. The first-order valence-corrected chi connectivity index (χ1v) is 5.34. The first-order valence-electron chi connectivity index (χ1n) is 3.82. The van der Waals surface area contributed by atoms with Crippen molar-refractivity contribution in [3.05, 3.63) is 24.9 Å². The summed E-state index contributed by atoms with van der Waals surface area (Å²) >= 11 is 2.40. The van der Waals surface area contributed by atoms with Gasteiger partial charge in [-0.15, -0.1) is 0 Å². The lowest BCUT2D eigenvalue weighted by Gasteiger charge is -2.11. The number of halogens is 1. The maximum absolute atomic E-state index is 3.77. The highest BCUT2D eigenvalue weighted by Crippen LogP contribution is 2.03. The van der Waals surface area contributed by atoms with Gasteiger partial charge in [-0.2, -0.15) is 0 Å². The first kappa shape index (κ1) is 11.0. The summed E-state index contributed by atoms with van der Waals surface area (Å²) in [5.74, 6) is 0.726. The molecule has 0 heterocycles. The van der Waals surface area contributed by atoms with Gasteiger partial charge in [0.1, 0.15) is 0 Å². The van der Waals surface area contributed by atoms with Gasteiger partial charge in [0, 0.05) is 12.2 Å². The van der Waals surface area contributed by atoms with Crippen LogP contribution in [-0.4, -0.2) is 11.0 Å². The lowest BCUT2D eigenvalue weighted by Crippen LogP contribution is -2.19. The molecule has 0 spiro atoms. The minimum atomic E-state index is 0.726. The molecule has 2 heteroatoms. The van der Waals surface area contributed by atoms with Crippen LogP contribution < -0.4 is 5.32 Å². The van der Waals surface area contributed by atoms with Gasteiger partial charge in [-0.05, 0) is 22.8 Å². The Balaban J connectivity index is 3.37. The zero-order valence-corrected chi connectivity index (χ0v) is 9.23. The Morgan fingerprint density at radius 2 is 2.36 bits per heavy atom. The fraction of sp³-hybridized carbons (Fsp3) is 0.556. The van der Waals surface area contributed by atoms with Crippen LogP contribution in [0.25, 0.3) is 0 Å². The van der Waals surface area contributed by atoms with Crippen LogP contribution in [0.1, 0.15) is 13.3 Å². The van der Waals surface area contributed by atoms with E-state index in [1.54, 1.807) is 6.08 Å². The summed E-state index contributed by atoms with van der Waals surface area (Å²) in [6, 6.07) is 0. The summed E-state index contributed by atoms with van der Waals surface area (Å²) in [6.07, 6.45) is 3.01. The van der Waals surface area contributed by atoms with E-state index in [9.17, 15) is 0 Å². The van der Waals surface area contributed by atoms with Gasteiger partial charge in [0.15, 0.2) is 0 Å². The molecule has 0 aliphatic rings. The van der Waals surface area contributed by atoms with E-state index in [4.69, 9.17) is 0 Å². The van der Waals surface area contributed by atoms with E-state index in [0.29, 0.717) is 0 Å². The summed E-state index contributed by atoms with van der Waals surface area (Å²) in [4.78, 5) is 0. The standard InChI is InChI=1S/C9H16IN/c1-4-9(3)11-7-8(2)5-6-10/h4,8,11H,1,3,5-7H2,2H3. The number of hydrogen-bond donors (Lipinski definition) is 1. The topological polar surface area (TPSA) is 12.0 Å². The zero-order valence-electron chi connectivity index (χ0n) is 7.07. The highest BCUT2D eigenvalue weighted by atomic mass is 127. The van der Waals surface area contributed by atoms with Crippen LogP contribution >= 0.6 is 22.6 Å². The Kier molecular flexibility index (Phi) is 6.71. The molecule has 0 amide bonds. The van der Waals surface area contributed by atoms with Crippen LogP contribution in [0.2, 0.25) is 0 Å². The molecule has 0 aliphatic heterocycles. The third kappa shape index (κ3) is 6.41. The van der Waals surface area contributed by atoms with Crippen molar-refractivity contribution in [2.75, 3.05) is 11.0 Å². The zero-order chi connectivity index (χ0) is 8.69. The third-order valence-electron chi connectivity index (χ3n) is 1.53. The van der Waals surface area contributed by atoms with Crippen molar-refractivity contribution >= 4 is 22.6 Å². The van der Waals surface area contributed by atoms with Crippen LogP contribution in [0.5, 0.6) is 0 Å². The van der Waals surface area contributed by atoms with Gasteiger partial charge in [0.2, 0.25) is 0 Å². The summed E-state index contributed by atoms with van der Waals surface area (Å²) in [5, 5.41) is 3.20. The van der Waals surface area contributed by atoms with Crippen LogP contribution in [-0.2, 0) is 0 Å². The van der Waals surface area contributed by atoms with E-state index in [0.717, 1.165) is 18.2 Å². The Bertz CT molecular complexity index is 132. The normalized spacial score (nSPS) is 12.2. The van der Waals surface area contributed by atoms with Crippen LogP contribution in [0, 0.1) is 5.92 Å². The minimum Gasteiger partial charge on any atom is -0.385 e. The van der Waals surface area contributed by atoms with E-state index in [1.807, 2.05) is 0 Å². The van der Waals surface area contributed by atoms with Crippen LogP contribution in [0.4, 0.5) is 0 Å². The van der Waals surface area contributed by atoms with Gasteiger partial charge >= 0.3 is 0 Å². The molecule has 1 unspecified atom stereocenters. The fourth-order valence-electron chi connectivity index (χ4n) is 0.666. The molecule has 0 fully saturated rings. The van der Waals surface area contributed by atoms with E-state index in [1.165, 1.54) is 10.8 Å². The Morgan fingerprint density at radius 3 is 2.82 bits per heavy atom. The molecule has 0 saturated carbocycles. The predicted octanol–water partition coefficient (Wildman–Crippen LogP) is 2.74. The second-order valence-electron chi connectivity index (χ2n) is 2.69. The van der Waals surface area contributed by atoms with E-state index in [-0.39, 0.29) is 0 Å². The molecule has 0 aromatic rings. The Hall–Kier alpha value is 0.0100.